The lowest BCUT2D eigenvalue weighted by Gasteiger charge is -2.07. The number of benzene rings is 1. The highest BCUT2D eigenvalue weighted by molar-refractivity contribution is 5.78. The Kier molecular flexibility index (Phi) is 1.76. The molecular formula is C10H9N3O3. The summed E-state index contributed by atoms with van der Waals surface area (Å²) in [6.45, 7) is 0.548. The average Bonchev–Trinajstić information content (AvgIpc) is 2.81. The molecule has 1 saturated heterocycles. The highest BCUT2D eigenvalue weighted by Crippen LogP contribution is 2.19. The van der Waals surface area contributed by atoms with Crippen molar-refractivity contribution in [1.82, 2.24) is 15.6 Å². The van der Waals surface area contributed by atoms with Crippen LogP contribution < -0.4 is 16.4 Å². The van der Waals surface area contributed by atoms with E-state index in [9.17, 15) is 9.59 Å². The molecule has 0 aliphatic carbocycles. The quantitative estimate of drug-likeness (QED) is 0.651. The maximum Gasteiger partial charge on any atom is 0.417 e. The summed E-state index contributed by atoms with van der Waals surface area (Å²) in [6.07, 6.45) is 0. The first-order valence-electron chi connectivity index (χ1n) is 4.89. The Hall–Kier alpha value is -2.24. The SMILES string of the molecule is O=C1NCC(c2ccc3oc(=O)[nH]c3c2)N1. The Morgan fingerprint density at radius 2 is 2.19 bits per heavy atom. The normalized spacial score (nSPS) is 19.8. The van der Waals surface area contributed by atoms with E-state index in [4.69, 9.17) is 4.42 Å². The smallest absolute Gasteiger partial charge is 0.408 e. The number of aromatic amines is 1. The summed E-state index contributed by atoms with van der Waals surface area (Å²) in [5.74, 6) is -0.472. The van der Waals surface area contributed by atoms with Crippen molar-refractivity contribution in [3.05, 3.63) is 34.3 Å². The van der Waals surface area contributed by atoms with Crippen molar-refractivity contribution in [3.8, 4) is 0 Å². The number of H-pyrrole nitrogens is 1. The Balaban J connectivity index is 2.04. The van der Waals surface area contributed by atoms with Crippen molar-refractivity contribution in [2.24, 2.45) is 0 Å². The fourth-order valence-electron chi connectivity index (χ4n) is 1.84. The number of carbonyl (C=O) groups is 1. The van der Waals surface area contributed by atoms with Crippen LogP contribution in [0.4, 0.5) is 4.79 Å². The van der Waals surface area contributed by atoms with Gasteiger partial charge in [0.25, 0.3) is 0 Å². The molecule has 1 aromatic heterocycles. The molecule has 0 saturated carbocycles. The molecule has 0 radical (unpaired) electrons. The zero-order chi connectivity index (χ0) is 11.1. The first-order chi connectivity index (χ1) is 7.72. The molecule has 16 heavy (non-hydrogen) atoms. The van der Waals surface area contributed by atoms with Crippen molar-refractivity contribution in [2.45, 2.75) is 6.04 Å². The van der Waals surface area contributed by atoms with Crippen LogP contribution in [0.2, 0.25) is 0 Å². The number of amides is 2. The summed E-state index contributed by atoms with van der Waals surface area (Å²) < 4.78 is 4.89. The van der Waals surface area contributed by atoms with Crippen molar-refractivity contribution in [3.63, 3.8) is 0 Å². The van der Waals surface area contributed by atoms with Crippen molar-refractivity contribution in [2.75, 3.05) is 6.54 Å². The van der Waals surface area contributed by atoms with Gasteiger partial charge in [0.05, 0.1) is 11.6 Å². The molecule has 6 heteroatoms. The molecular weight excluding hydrogens is 210 g/mol. The Bertz CT molecular complexity index is 613. The number of aromatic nitrogens is 1. The lowest BCUT2D eigenvalue weighted by molar-refractivity contribution is 0.247. The summed E-state index contributed by atoms with van der Waals surface area (Å²) >= 11 is 0. The predicted octanol–water partition coefficient (Wildman–Crippen LogP) is 0.475. The average molecular weight is 219 g/mol. The van der Waals surface area contributed by atoms with Crippen LogP contribution in [-0.2, 0) is 0 Å². The van der Waals surface area contributed by atoms with Crippen LogP contribution >= 0.6 is 0 Å². The molecule has 2 amide bonds. The summed E-state index contributed by atoms with van der Waals surface area (Å²) in [4.78, 5) is 24.5. The lowest BCUT2D eigenvalue weighted by Crippen LogP contribution is -2.21. The minimum absolute atomic E-state index is 0.0599. The molecule has 2 aromatic rings. The molecule has 2 heterocycles. The number of oxazole rings is 1. The van der Waals surface area contributed by atoms with Gasteiger partial charge in [0, 0.05) is 6.54 Å². The summed E-state index contributed by atoms with van der Waals surface area (Å²) in [6, 6.07) is 5.11. The van der Waals surface area contributed by atoms with Gasteiger partial charge in [-0.3, -0.25) is 4.98 Å². The summed E-state index contributed by atoms with van der Waals surface area (Å²) in [5.41, 5.74) is 2.09. The van der Waals surface area contributed by atoms with Crippen molar-refractivity contribution < 1.29 is 9.21 Å². The van der Waals surface area contributed by atoms with E-state index in [1.54, 1.807) is 12.1 Å². The number of nitrogens with one attached hydrogen (secondary N) is 3. The number of urea groups is 1. The van der Waals surface area contributed by atoms with Gasteiger partial charge in [-0.15, -0.1) is 0 Å². The third-order valence-corrected chi connectivity index (χ3v) is 2.62. The number of fused-ring (bicyclic) bond motifs is 1. The zero-order valence-corrected chi connectivity index (χ0v) is 8.24. The molecule has 6 nitrogen and oxygen atoms in total. The molecule has 0 spiro atoms. The van der Waals surface area contributed by atoms with Gasteiger partial charge in [-0.25, -0.2) is 9.59 Å². The van der Waals surface area contributed by atoms with Crippen LogP contribution in [0, 0.1) is 0 Å². The molecule has 82 valence electrons. The van der Waals surface area contributed by atoms with Crippen LogP contribution in [0.1, 0.15) is 11.6 Å². The van der Waals surface area contributed by atoms with E-state index in [1.807, 2.05) is 6.07 Å². The van der Waals surface area contributed by atoms with Crippen LogP contribution in [0.15, 0.2) is 27.4 Å². The van der Waals surface area contributed by atoms with Crippen LogP contribution in [0.3, 0.4) is 0 Å². The summed E-state index contributed by atoms with van der Waals surface area (Å²) in [5, 5.41) is 5.44. The van der Waals surface area contributed by atoms with Gasteiger partial charge < -0.3 is 15.1 Å². The monoisotopic (exact) mass is 219 g/mol. The van der Waals surface area contributed by atoms with Crippen molar-refractivity contribution >= 4 is 17.1 Å². The second kappa shape index (κ2) is 3.13. The first-order valence-corrected chi connectivity index (χ1v) is 4.89. The van der Waals surface area contributed by atoms with Crippen molar-refractivity contribution in [1.29, 1.82) is 0 Å². The van der Waals surface area contributed by atoms with E-state index in [1.165, 1.54) is 0 Å². The van der Waals surface area contributed by atoms with Gasteiger partial charge in [0.2, 0.25) is 0 Å². The highest BCUT2D eigenvalue weighted by Gasteiger charge is 2.21. The predicted molar refractivity (Wildman–Crippen MR) is 56.1 cm³/mol. The van der Waals surface area contributed by atoms with Gasteiger partial charge in [-0.05, 0) is 17.7 Å². The fraction of sp³-hybridized carbons (Fsp3) is 0.200. The second-order valence-electron chi connectivity index (χ2n) is 3.68. The summed E-state index contributed by atoms with van der Waals surface area (Å²) in [7, 11) is 0. The molecule has 3 N–H and O–H groups in total. The van der Waals surface area contributed by atoms with Gasteiger partial charge in [0.1, 0.15) is 0 Å². The zero-order valence-electron chi connectivity index (χ0n) is 8.24. The Morgan fingerprint density at radius 1 is 1.31 bits per heavy atom. The number of hydrogen-bond acceptors (Lipinski definition) is 3. The highest BCUT2D eigenvalue weighted by atomic mass is 16.4. The Labute approximate surface area is 89.6 Å². The molecule has 1 atom stereocenters. The number of rotatable bonds is 1. The maximum atomic E-state index is 11.0. The molecule has 1 aliphatic heterocycles. The Morgan fingerprint density at radius 3 is 2.94 bits per heavy atom. The fourth-order valence-corrected chi connectivity index (χ4v) is 1.84. The van der Waals surface area contributed by atoms with Crippen LogP contribution in [0.25, 0.3) is 11.1 Å². The molecule has 1 unspecified atom stereocenters. The third kappa shape index (κ3) is 1.35. The maximum absolute atomic E-state index is 11.0. The van der Waals surface area contributed by atoms with E-state index in [-0.39, 0.29) is 12.1 Å². The molecule has 0 bridgehead atoms. The first kappa shape index (κ1) is 9.02. The molecule has 1 aliphatic rings. The van der Waals surface area contributed by atoms with E-state index >= 15 is 0 Å². The number of hydrogen-bond donors (Lipinski definition) is 3. The number of carbonyl (C=O) groups excluding carboxylic acids is 1. The van der Waals surface area contributed by atoms with E-state index in [0.29, 0.717) is 17.6 Å². The van der Waals surface area contributed by atoms with E-state index < -0.39 is 5.76 Å². The molecule has 3 rings (SSSR count). The van der Waals surface area contributed by atoms with Gasteiger partial charge in [-0.1, -0.05) is 6.07 Å². The minimum atomic E-state index is -0.472. The standard InChI is InChI=1S/C10H9N3O3/c14-9-11-4-7(12-9)5-1-2-8-6(3-5)13-10(15)16-8/h1-3,7H,4H2,(H,13,15)(H2,11,12,14). The van der Waals surface area contributed by atoms with E-state index in [2.05, 4.69) is 15.6 Å². The lowest BCUT2D eigenvalue weighted by atomic mass is 10.1. The molecule has 1 fully saturated rings. The second-order valence-corrected chi connectivity index (χ2v) is 3.68. The van der Waals surface area contributed by atoms with Gasteiger partial charge in [-0.2, -0.15) is 0 Å². The molecule has 1 aromatic carbocycles. The van der Waals surface area contributed by atoms with Crippen LogP contribution in [0.5, 0.6) is 0 Å². The van der Waals surface area contributed by atoms with Gasteiger partial charge >= 0.3 is 11.8 Å². The third-order valence-electron chi connectivity index (χ3n) is 2.62. The van der Waals surface area contributed by atoms with Crippen LogP contribution in [-0.4, -0.2) is 17.6 Å². The minimum Gasteiger partial charge on any atom is -0.408 e. The van der Waals surface area contributed by atoms with E-state index in [0.717, 1.165) is 5.56 Å². The topological polar surface area (TPSA) is 87.1 Å². The largest absolute Gasteiger partial charge is 0.417 e. The van der Waals surface area contributed by atoms with Gasteiger partial charge in [0.15, 0.2) is 5.58 Å².